The molecule has 17 heavy (non-hydrogen) atoms. The third-order valence-electron chi connectivity index (χ3n) is 2.75. The third kappa shape index (κ3) is 3.87. The van der Waals surface area contributed by atoms with E-state index in [-0.39, 0.29) is 5.91 Å². The zero-order valence-corrected chi connectivity index (χ0v) is 12.8. The standard InChI is InChI=1S/C13H19IN2O/c1-4-16(5-2)13(17)10-15(3)12-9-7-6-8-11(12)14/h6-9H,4-5,10H2,1-3H3. The number of halogens is 1. The molecule has 1 amide bonds. The maximum Gasteiger partial charge on any atom is 0.242 e. The number of likely N-dealkylation sites (N-methyl/N-ethyl adjacent to an activating group) is 2. The van der Waals surface area contributed by atoms with Gasteiger partial charge in [-0.3, -0.25) is 4.79 Å². The number of benzene rings is 1. The van der Waals surface area contributed by atoms with Crippen molar-refractivity contribution in [2.45, 2.75) is 13.8 Å². The van der Waals surface area contributed by atoms with Crippen molar-refractivity contribution >= 4 is 34.2 Å². The predicted octanol–water partition coefficient (Wildman–Crippen LogP) is 2.60. The Morgan fingerprint density at radius 3 is 2.35 bits per heavy atom. The van der Waals surface area contributed by atoms with Gasteiger partial charge in [0.2, 0.25) is 5.91 Å². The number of nitrogens with zero attached hydrogens (tertiary/aromatic N) is 2. The van der Waals surface area contributed by atoms with E-state index in [1.165, 1.54) is 3.57 Å². The molecular formula is C13H19IN2O. The average molecular weight is 346 g/mol. The highest BCUT2D eigenvalue weighted by atomic mass is 127. The second kappa shape index (κ2) is 6.83. The SMILES string of the molecule is CCN(CC)C(=O)CN(C)c1ccccc1I. The molecule has 0 bridgehead atoms. The van der Waals surface area contributed by atoms with Crippen molar-refractivity contribution in [1.82, 2.24) is 4.90 Å². The molecule has 4 heteroatoms. The van der Waals surface area contributed by atoms with Crippen molar-refractivity contribution in [3.8, 4) is 0 Å². The third-order valence-corrected chi connectivity index (χ3v) is 3.66. The van der Waals surface area contributed by atoms with Crippen molar-refractivity contribution < 1.29 is 4.79 Å². The Balaban J connectivity index is 2.70. The smallest absolute Gasteiger partial charge is 0.242 e. The van der Waals surface area contributed by atoms with E-state index in [1.807, 2.05) is 55.0 Å². The molecule has 0 radical (unpaired) electrons. The summed E-state index contributed by atoms with van der Waals surface area (Å²) in [4.78, 5) is 15.8. The summed E-state index contributed by atoms with van der Waals surface area (Å²) in [7, 11) is 1.96. The topological polar surface area (TPSA) is 23.6 Å². The van der Waals surface area contributed by atoms with Gasteiger partial charge in [-0.15, -0.1) is 0 Å². The molecule has 0 aliphatic carbocycles. The first-order valence-corrected chi connectivity index (χ1v) is 6.91. The van der Waals surface area contributed by atoms with Crippen molar-refractivity contribution in [2.75, 3.05) is 31.6 Å². The van der Waals surface area contributed by atoms with Crippen LogP contribution in [-0.2, 0) is 4.79 Å². The number of hydrogen-bond donors (Lipinski definition) is 0. The number of hydrogen-bond acceptors (Lipinski definition) is 2. The van der Waals surface area contributed by atoms with Crippen molar-refractivity contribution in [1.29, 1.82) is 0 Å². The summed E-state index contributed by atoms with van der Waals surface area (Å²) in [5.74, 6) is 0.178. The summed E-state index contributed by atoms with van der Waals surface area (Å²) in [6, 6.07) is 8.09. The van der Waals surface area contributed by atoms with Crippen LogP contribution in [-0.4, -0.2) is 37.5 Å². The van der Waals surface area contributed by atoms with E-state index in [4.69, 9.17) is 0 Å². The second-order valence-electron chi connectivity index (χ2n) is 3.87. The van der Waals surface area contributed by atoms with Crippen LogP contribution in [0.25, 0.3) is 0 Å². The molecule has 0 saturated heterocycles. The summed E-state index contributed by atoms with van der Waals surface area (Å²) in [5.41, 5.74) is 1.11. The number of carbonyl (C=O) groups excluding carboxylic acids is 1. The van der Waals surface area contributed by atoms with Crippen molar-refractivity contribution in [3.05, 3.63) is 27.8 Å². The van der Waals surface area contributed by atoms with Gasteiger partial charge in [0.05, 0.1) is 12.2 Å². The quantitative estimate of drug-likeness (QED) is 0.766. The number of anilines is 1. The first-order chi connectivity index (χ1) is 8.10. The van der Waals surface area contributed by atoms with Gasteiger partial charge in [0.25, 0.3) is 0 Å². The maximum atomic E-state index is 12.0. The van der Waals surface area contributed by atoms with Gasteiger partial charge in [-0.1, -0.05) is 12.1 Å². The molecule has 0 atom stereocenters. The molecule has 94 valence electrons. The minimum absolute atomic E-state index is 0.178. The molecule has 1 aromatic carbocycles. The van der Waals surface area contributed by atoms with Crippen LogP contribution >= 0.6 is 22.6 Å². The molecule has 0 saturated carbocycles. The highest BCUT2D eigenvalue weighted by Crippen LogP contribution is 2.20. The van der Waals surface area contributed by atoms with Gasteiger partial charge in [-0.05, 0) is 48.6 Å². The van der Waals surface area contributed by atoms with E-state index in [0.717, 1.165) is 18.8 Å². The van der Waals surface area contributed by atoms with Gasteiger partial charge < -0.3 is 9.80 Å². The summed E-state index contributed by atoms with van der Waals surface area (Å²) in [5, 5.41) is 0. The fraction of sp³-hybridized carbons (Fsp3) is 0.462. The van der Waals surface area contributed by atoms with Gasteiger partial charge in [0, 0.05) is 23.7 Å². The molecule has 0 unspecified atom stereocenters. The van der Waals surface area contributed by atoms with Gasteiger partial charge in [-0.25, -0.2) is 0 Å². The molecule has 0 fully saturated rings. The van der Waals surface area contributed by atoms with E-state index < -0.39 is 0 Å². The van der Waals surface area contributed by atoms with Gasteiger partial charge >= 0.3 is 0 Å². The summed E-state index contributed by atoms with van der Waals surface area (Å²) < 4.78 is 1.17. The Kier molecular flexibility index (Phi) is 5.74. The van der Waals surface area contributed by atoms with Gasteiger partial charge in [-0.2, -0.15) is 0 Å². The van der Waals surface area contributed by atoms with Crippen molar-refractivity contribution in [3.63, 3.8) is 0 Å². The van der Waals surface area contributed by atoms with E-state index in [9.17, 15) is 4.79 Å². The Morgan fingerprint density at radius 1 is 1.24 bits per heavy atom. The van der Waals surface area contributed by atoms with Crippen LogP contribution in [0.3, 0.4) is 0 Å². The van der Waals surface area contributed by atoms with Crippen LogP contribution in [0.15, 0.2) is 24.3 Å². The molecule has 3 nitrogen and oxygen atoms in total. The van der Waals surface area contributed by atoms with Crippen LogP contribution in [0.1, 0.15) is 13.8 Å². The fourth-order valence-electron chi connectivity index (χ4n) is 1.73. The second-order valence-corrected chi connectivity index (χ2v) is 5.04. The number of para-hydroxylation sites is 1. The van der Waals surface area contributed by atoms with E-state index in [1.54, 1.807) is 0 Å². The largest absolute Gasteiger partial charge is 0.364 e. The molecular weight excluding hydrogens is 327 g/mol. The normalized spacial score (nSPS) is 10.1. The zero-order valence-electron chi connectivity index (χ0n) is 10.6. The highest BCUT2D eigenvalue weighted by Gasteiger charge is 2.13. The lowest BCUT2D eigenvalue weighted by Crippen LogP contribution is -2.39. The van der Waals surface area contributed by atoms with Crippen LogP contribution in [0.4, 0.5) is 5.69 Å². The molecule has 1 aromatic rings. The molecule has 0 aromatic heterocycles. The maximum absolute atomic E-state index is 12.0. The molecule has 0 N–H and O–H groups in total. The lowest BCUT2D eigenvalue weighted by atomic mass is 10.3. The summed E-state index contributed by atoms with van der Waals surface area (Å²) >= 11 is 2.29. The van der Waals surface area contributed by atoms with Gasteiger partial charge in [0.15, 0.2) is 0 Å². The van der Waals surface area contributed by atoms with Crippen LogP contribution < -0.4 is 4.90 Å². The lowest BCUT2D eigenvalue weighted by Gasteiger charge is -2.25. The summed E-state index contributed by atoms with van der Waals surface area (Å²) in [6.45, 7) is 5.99. The number of carbonyl (C=O) groups is 1. The molecule has 0 aliphatic heterocycles. The van der Waals surface area contributed by atoms with Crippen LogP contribution in [0.2, 0.25) is 0 Å². The molecule has 0 spiro atoms. The molecule has 1 rings (SSSR count). The van der Waals surface area contributed by atoms with Crippen molar-refractivity contribution in [2.24, 2.45) is 0 Å². The average Bonchev–Trinajstić information content (AvgIpc) is 2.31. The number of rotatable bonds is 5. The van der Waals surface area contributed by atoms with E-state index in [2.05, 4.69) is 22.6 Å². The first-order valence-electron chi connectivity index (χ1n) is 5.83. The van der Waals surface area contributed by atoms with Crippen LogP contribution in [0.5, 0.6) is 0 Å². The first kappa shape index (κ1) is 14.3. The minimum Gasteiger partial charge on any atom is -0.364 e. The lowest BCUT2D eigenvalue weighted by molar-refractivity contribution is -0.129. The molecule has 0 heterocycles. The van der Waals surface area contributed by atoms with E-state index >= 15 is 0 Å². The van der Waals surface area contributed by atoms with Gasteiger partial charge in [0.1, 0.15) is 0 Å². The highest BCUT2D eigenvalue weighted by molar-refractivity contribution is 14.1. The Labute approximate surface area is 117 Å². The Bertz CT molecular complexity index is 377. The fourth-order valence-corrected chi connectivity index (χ4v) is 2.52. The molecule has 0 aliphatic rings. The summed E-state index contributed by atoms with van der Waals surface area (Å²) in [6.07, 6.45) is 0. The Morgan fingerprint density at radius 2 is 1.82 bits per heavy atom. The zero-order chi connectivity index (χ0) is 12.8. The van der Waals surface area contributed by atoms with Crippen LogP contribution in [0, 0.1) is 3.57 Å². The predicted molar refractivity (Wildman–Crippen MR) is 80.4 cm³/mol. The Hall–Kier alpha value is -0.780. The number of amides is 1. The van der Waals surface area contributed by atoms with E-state index in [0.29, 0.717) is 6.54 Å². The monoisotopic (exact) mass is 346 g/mol. The minimum atomic E-state index is 0.178.